The summed E-state index contributed by atoms with van der Waals surface area (Å²) in [4.78, 5) is 7.02. The van der Waals surface area contributed by atoms with Crippen molar-refractivity contribution in [3.63, 3.8) is 0 Å². The van der Waals surface area contributed by atoms with E-state index in [4.69, 9.17) is 9.47 Å². The lowest BCUT2D eigenvalue weighted by atomic mass is 10.2. The average molecular weight is 399 g/mol. The van der Waals surface area contributed by atoms with E-state index in [-0.39, 0.29) is 0 Å². The number of thiazole rings is 1. The Labute approximate surface area is 172 Å². The van der Waals surface area contributed by atoms with Crippen LogP contribution in [0, 0.1) is 0 Å². The van der Waals surface area contributed by atoms with E-state index >= 15 is 0 Å². The number of aromatic nitrogens is 1. The van der Waals surface area contributed by atoms with Crippen molar-refractivity contribution in [2.75, 3.05) is 26.2 Å². The first-order chi connectivity index (χ1) is 13.8. The molecule has 0 aliphatic heterocycles. The molecule has 5 heteroatoms. The highest BCUT2D eigenvalue weighted by Crippen LogP contribution is 2.31. The van der Waals surface area contributed by atoms with Gasteiger partial charge in [-0.05, 0) is 62.3 Å². The minimum absolute atomic E-state index is 0.664. The van der Waals surface area contributed by atoms with E-state index in [1.807, 2.05) is 42.5 Å². The standard InChI is InChI=1S/C23H30N2O2S/c1-3-5-15-25(16-6-4-2)17-18-26-19-11-13-20(14-12-19)27-23-24-21-9-7-8-10-22(21)28-23/h7-14H,3-6,15-18H2,1-2H3. The molecule has 0 atom stereocenters. The van der Waals surface area contributed by atoms with E-state index in [1.54, 1.807) is 11.3 Å². The summed E-state index contributed by atoms with van der Waals surface area (Å²) in [5.74, 6) is 1.65. The molecule has 1 heterocycles. The summed E-state index contributed by atoms with van der Waals surface area (Å²) in [7, 11) is 0. The Hall–Kier alpha value is -2.11. The highest BCUT2D eigenvalue weighted by Gasteiger charge is 2.07. The number of hydrogen-bond acceptors (Lipinski definition) is 5. The summed E-state index contributed by atoms with van der Waals surface area (Å²) in [6, 6.07) is 15.9. The second-order valence-corrected chi connectivity index (χ2v) is 7.91. The predicted molar refractivity (Wildman–Crippen MR) is 118 cm³/mol. The molecule has 0 unspecified atom stereocenters. The van der Waals surface area contributed by atoms with Crippen LogP contribution in [0.15, 0.2) is 48.5 Å². The van der Waals surface area contributed by atoms with E-state index < -0.39 is 0 Å². The maximum Gasteiger partial charge on any atom is 0.279 e. The third kappa shape index (κ3) is 6.21. The molecule has 4 nitrogen and oxygen atoms in total. The maximum atomic E-state index is 5.94. The van der Waals surface area contributed by atoms with Gasteiger partial charge in [0.25, 0.3) is 5.19 Å². The van der Waals surface area contributed by atoms with E-state index in [9.17, 15) is 0 Å². The second-order valence-electron chi connectivity index (χ2n) is 6.92. The van der Waals surface area contributed by atoms with Crippen LogP contribution in [0.5, 0.6) is 16.7 Å². The Balaban J connectivity index is 1.48. The number of nitrogens with zero attached hydrogens (tertiary/aromatic N) is 2. The zero-order chi connectivity index (χ0) is 19.6. The van der Waals surface area contributed by atoms with Crippen molar-refractivity contribution in [3.8, 4) is 16.7 Å². The van der Waals surface area contributed by atoms with E-state index in [0.29, 0.717) is 11.8 Å². The van der Waals surface area contributed by atoms with Crippen LogP contribution in [0.3, 0.4) is 0 Å². The lowest BCUT2D eigenvalue weighted by Gasteiger charge is -2.22. The molecule has 150 valence electrons. The molecule has 3 aromatic rings. The van der Waals surface area contributed by atoms with Crippen LogP contribution in [0.25, 0.3) is 10.2 Å². The number of hydrogen-bond donors (Lipinski definition) is 0. The molecule has 0 saturated heterocycles. The number of para-hydroxylation sites is 1. The molecular weight excluding hydrogens is 368 g/mol. The van der Waals surface area contributed by atoms with E-state index in [2.05, 4.69) is 29.8 Å². The molecule has 0 saturated carbocycles. The quantitative estimate of drug-likeness (QED) is 0.355. The zero-order valence-electron chi connectivity index (χ0n) is 16.9. The van der Waals surface area contributed by atoms with Gasteiger partial charge in [-0.3, -0.25) is 4.90 Å². The summed E-state index contributed by atoms with van der Waals surface area (Å²) in [5.41, 5.74) is 0.971. The fraction of sp³-hybridized carbons (Fsp3) is 0.435. The molecule has 0 fully saturated rings. The highest BCUT2D eigenvalue weighted by molar-refractivity contribution is 7.20. The maximum absolute atomic E-state index is 5.94. The molecular formula is C23H30N2O2S. The van der Waals surface area contributed by atoms with Gasteiger partial charge in [0.05, 0.1) is 10.2 Å². The topological polar surface area (TPSA) is 34.6 Å². The van der Waals surface area contributed by atoms with Crippen LogP contribution in [0.4, 0.5) is 0 Å². The lowest BCUT2D eigenvalue weighted by Crippen LogP contribution is -2.30. The Bertz CT molecular complexity index is 791. The normalized spacial score (nSPS) is 11.2. The summed E-state index contributed by atoms with van der Waals surface area (Å²) >= 11 is 1.56. The minimum atomic E-state index is 0.664. The third-order valence-electron chi connectivity index (χ3n) is 4.64. The van der Waals surface area contributed by atoms with Gasteiger partial charge in [-0.15, -0.1) is 0 Å². The van der Waals surface area contributed by atoms with Crippen molar-refractivity contribution in [1.29, 1.82) is 0 Å². The van der Waals surface area contributed by atoms with Crippen LogP contribution in [0.1, 0.15) is 39.5 Å². The molecule has 0 aliphatic rings. The monoisotopic (exact) mass is 398 g/mol. The summed E-state index contributed by atoms with van der Waals surface area (Å²) in [5, 5.41) is 0.664. The predicted octanol–water partition coefficient (Wildman–Crippen LogP) is 6.37. The summed E-state index contributed by atoms with van der Waals surface area (Å²) < 4.78 is 13.0. The molecule has 0 aliphatic carbocycles. The van der Waals surface area contributed by atoms with Gasteiger partial charge >= 0.3 is 0 Å². The van der Waals surface area contributed by atoms with E-state index in [1.165, 1.54) is 25.7 Å². The molecule has 2 aromatic carbocycles. The number of benzene rings is 2. The van der Waals surface area contributed by atoms with Gasteiger partial charge in [0, 0.05) is 6.54 Å². The minimum Gasteiger partial charge on any atom is -0.492 e. The second kappa shape index (κ2) is 11.0. The van der Waals surface area contributed by atoms with Gasteiger partial charge in [0.2, 0.25) is 0 Å². The molecule has 0 N–H and O–H groups in total. The zero-order valence-corrected chi connectivity index (χ0v) is 17.7. The number of rotatable bonds is 12. The van der Waals surface area contributed by atoms with Gasteiger partial charge in [-0.2, -0.15) is 0 Å². The first kappa shape index (κ1) is 20.6. The first-order valence-corrected chi connectivity index (χ1v) is 11.1. The number of unbranched alkanes of at least 4 members (excludes halogenated alkanes) is 2. The lowest BCUT2D eigenvalue weighted by molar-refractivity contribution is 0.204. The molecule has 28 heavy (non-hydrogen) atoms. The van der Waals surface area contributed by atoms with Gasteiger partial charge in [-0.25, -0.2) is 4.98 Å². The van der Waals surface area contributed by atoms with Crippen molar-refractivity contribution in [2.24, 2.45) is 0 Å². The van der Waals surface area contributed by atoms with Crippen LogP contribution < -0.4 is 9.47 Å². The van der Waals surface area contributed by atoms with Gasteiger partial charge in [0.15, 0.2) is 0 Å². The van der Waals surface area contributed by atoms with Crippen LogP contribution in [0.2, 0.25) is 0 Å². The molecule has 0 amide bonds. The molecule has 0 bridgehead atoms. The SMILES string of the molecule is CCCCN(CCCC)CCOc1ccc(Oc2nc3ccccc3s2)cc1. The summed E-state index contributed by atoms with van der Waals surface area (Å²) in [6.45, 7) is 8.50. The summed E-state index contributed by atoms with van der Waals surface area (Å²) in [6.07, 6.45) is 4.97. The number of fused-ring (bicyclic) bond motifs is 1. The Kier molecular flexibility index (Phi) is 8.12. The molecule has 0 radical (unpaired) electrons. The van der Waals surface area contributed by atoms with Crippen molar-refractivity contribution in [2.45, 2.75) is 39.5 Å². The van der Waals surface area contributed by atoms with Crippen molar-refractivity contribution < 1.29 is 9.47 Å². The van der Waals surface area contributed by atoms with Crippen molar-refractivity contribution in [1.82, 2.24) is 9.88 Å². The van der Waals surface area contributed by atoms with Crippen molar-refractivity contribution in [3.05, 3.63) is 48.5 Å². The largest absolute Gasteiger partial charge is 0.492 e. The van der Waals surface area contributed by atoms with Crippen LogP contribution in [-0.4, -0.2) is 36.1 Å². The van der Waals surface area contributed by atoms with Crippen molar-refractivity contribution >= 4 is 21.6 Å². The Morgan fingerprint density at radius 3 is 2.21 bits per heavy atom. The average Bonchev–Trinajstić information content (AvgIpc) is 3.13. The fourth-order valence-electron chi connectivity index (χ4n) is 2.99. The fourth-order valence-corrected chi connectivity index (χ4v) is 3.83. The molecule has 3 rings (SSSR count). The van der Waals surface area contributed by atoms with Gasteiger partial charge in [-0.1, -0.05) is 50.2 Å². The highest BCUT2D eigenvalue weighted by atomic mass is 32.1. The Morgan fingerprint density at radius 2 is 1.54 bits per heavy atom. The van der Waals surface area contributed by atoms with E-state index in [0.717, 1.165) is 41.3 Å². The van der Waals surface area contributed by atoms with Gasteiger partial charge in [0.1, 0.15) is 18.1 Å². The Morgan fingerprint density at radius 1 is 0.857 bits per heavy atom. The first-order valence-electron chi connectivity index (χ1n) is 10.3. The molecule has 1 aromatic heterocycles. The molecule has 0 spiro atoms. The third-order valence-corrected chi connectivity index (χ3v) is 5.55. The smallest absolute Gasteiger partial charge is 0.279 e. The van der Waals surface area contributed by atoms with Gasteiger partial charge < -0.3 is 9.47 Å². The number of ether oxygens (including phenoxy) is 2. The van der Waals surface area contributed by atoms with Crippen LogP contribution >= 0.6 is 11.3 Å². The van der Waals surface area contributed by atoms with Crippen LogP contribution in [-0.2, 0) is 0 Å².